The molecule has 8 heteroatoms. The predicted molar refractivity (Wildman–Crippen MR) is 119 cm³/mol. The van der Waals surface area contributed by atoms with Crippen LogP contribution in [-0.4, -0.2) is 50.3 Å². The van der Waals surface area contributed by atoms with Crippen molar-refractivity contribution in [2.75, 3.05) is 44.4 Å². The second-order valence-electron chi connectivity index (χ2n) is 7.08. The van der Waals surface area contributed by atoms with E-state index in [1.165, 1.54) is 0 Å². The molecule has 1 amide bonds. The fraction of sp³-hybridized carbons (Fsp3) is 0.545. The van der Waals surface area contributed by atoms with Gasteiger partial charge >= 0.3 is 0 Å². The maximum absolute atomic E-state index is 12.9. The van der Waals surface area contributed by atoms with E-state index in [0.29, 0.717) is 55.1 Å². The molecule has 1 aliphatic rings. The summed E-state index contributed by atoms with van der Waals surface area (Å²) in [4.78, 5) is 19.6. The molecule has 0 radical (unpaired) electrons. The molecule has 164 valence electrons. The normalized spacial score (nSPS) is 16.2. The van der Waals surface area contributed by atoms with Crippen LogP contribution in [0.15, 0.2) is 23.7 Å². The highest BCUT2D eigenvalue weighted by Gasteiger charge is 2.23. The van der Waals surface area contributed by atoms with Crippen molar-refractivity contribution in [2.24, 2.45) is 5.92 Å². The molecule has 7 nitrogen and oxygen atoms in total. The number of ether oxygens (including phenoxy) is 3. The summed E-state index contributed by atoms with van der Waals surface area (Å²) in [5.41, 5.74) is 0.512. The summed E-state index contributed by atoms with van der Waals surface area (Å²) < 4.78 is 17.2. The van der Waals surface area contributed by atoms with E-state index in [2.05, 4.69) is 15.2 Å². The first-order valence-electron chi connectivity index (χ1n) is 10.6. The van der Waals surface area contributed by atoms with Gasteiger partial charge in [-0.2, -0.15) is 0 Å². The summed E-state index contributed by atoms with van der Waals surface area (Å²) in [6.45, 7) is 9.71. The minimum absolute atomic E-state index is 0.133. The average molecular weight is 434 g/mol. The van der Waals surface area contributed by atoms with E-state index in [0.717, 1.165) is 31.1 Å². The second kappa shape index (κ2) is 11.1. The number of thiazole rings is 1. The fourth-order valence-corrected chi connectivity index (χ4v) is 4.32. The van der Waals surface area contributed by atoms with Gasteiger partial charge < -0.3 is 24.4 Å². The number of hydrogen-bond donors (Lipinski definition) is 1. The predicted octanol–water partition coefficient (Wildman–Crippen LogP) is 3.99. The van der Waals surface area contributed by atoms with Gasteiger partial charge in [-0.15, -0.1) is 11.3 Å². The molecule has 1 fully saturated rings. The molecule has 0 aliphatic carbocycles. The lowest BCUT2D eigenvalue weighted by atomic mass is 9.98. The Morgan fingerprint density at radius 1 is 1.17 bits per heavy atom. The van der Waals surface area contributed by atoms with E-state index in [1.807, 2.05) is 32.3 Å². The Morgan fingerprint density at radius 2 is 1.87 bits per heavy atom. The maximum Gasteiger partial charge on any atom is 0.251 e. The number of anilines is 1. The number of nitrogens with one attached hydrogen (secondary N) is 1. The van der Waals surface area contributed by atoms with Crippen LogP contribution in [0.1, 0.15) is 44.0 Å². The zero-order valence-electron chi connectivity index (χ0n) is 18.0. The lowest BCUT2D eigenvalue weighted by molar-refractivity contribution is 0.0944. The molecule has 1 aromatic carbocycles. The van der Waals surface area contributed by atoms with Crippen molar-refractivity contribution in [3.05, 3.63) is 29.3 Å². The minimum atomic E-state index is -0.133. The van der Waals surface area contributed by atoms with Crippen LogP contribution in [0.3, 0.4) is 0 Å². The van der Waals surface area contributed by atoms with Crippen LogP contribution in [0.4, 0.5) is 5.13 Å². The Hall–Kier alpha value is -2.48. The van der Waals surface area contributed by atoms with E-state index in [4.69, 9.17) is 14.2 Å². The van der Waals surface area contributed by atoms with E-state index in [-0.39, 0.29) is 5.91 Å². The van der Waals surface area contributed by atoms with E-state index in [9.17, 15) is 4.79 Å². The van der Waals surface area contributed by atoms with E-state index < -0.39 is 0 Å². The summed E-state index contributed by atoms with van der Waals surface area (Å²) in [6, 6.07) is 3.46. The zero-order chi connectivity index (χ0) is 21.3. The van der Waals surface area contributed by atoms with Gasteiger partial charge in [0.25, 0.3) is 5.91 Å². The zero-order valence-corrected chi connectivity index (χ0v) is 18.8. The summed E-state index contributed by atoms with van der Waals surface area (Å²) in [5, 5.41) is 6.14. The van der Waals surface area contributed by atoms with Crippen LogP contribution in [-0.2, 0) is 0 Å². The molecule has 30 heavy (non-hydrogen) atoms. The topological polar surface area (TPSA) is 72.9 Å². The molecule has 1 aliphatic heterocycles. The second-order valence-corrected chi connectivity index (χ2v) is 7.95. The molecule has 1 saturated heterocycles. The van der Waals surface area contributed by atoms with Gasteiger partial charge in [0.1, 0.15) is 0 Å². The average Bonchev–Trinajstić information content (AvgIpc) is 3.30. The van der Waals surface area contributed by atoms with E-state index >= 15 is 0 Å². The summed E-state index contributed by atoms with van der Waals surface area (Å²) >= 11 is 1.66. The first-order valence-corrected chi connectivity index (χ1v) is 11.5. The number of hydrogen-bond acceptors (Lipinski definition) is 7. The molecule has 0 bridgehead atoms. The third-order valence-electron chi connectivity index (χ3n) is 4.93. The number of aromatic nitrogens is 1. The SMILES string of the molecule is CCOc1cc(C(=O)NCC2CCCN(c3nccs3)C2)cc(OCC)c1OCC. The van der Waals surface area contributed by atoms with Gasteiger partial charge in [-0.25, -0.2) is 4.98 Å². The summed E-state index contributed by atoms with van der Waals surface area (Å²) in [6.07, 6.45) is 4.04. The van der Waals surface area contributed by atoms with Crippen molar-refractivity contribution in [1.82, 2.24) is 10.3 Å². The number of benzene rings is 1. The van der Waals surface area contributed by atoms with Crippen molar-refractivity contribution < 1.29 is 19.0 Å². The molecule has 0 spiro atoms. The minimum Gasteiger partial charge on any atom is -0.490 e. The number of carbonyl (C=O) groups excluding carboxylic acids is 1. The van der Waals surface area contributed by atoms with Crippen molar-refractivity contribution in [1.29, 1.82) is 0 Å². The van der Waals surface area contributed by atoms with Crippen LogP contribution in [0.25, 0.3) is 0 Å². The lowest BCUT2D eigenvalue weighted by Crippen LogP contribution is -2.41. The third-order valence-corrected chi connectivity index (χ3v) is 5.76. The van der Waals surface area contributed by atoms with Gasteiger partial charge in [-0.05, 0) is 51.7 Å². The molecule has 3 rings (SSSR count). The van der Waals surface area contributed by atoms with Crippen LogP contribution in [0.5, 0.6) is 17.2 Å². The largest absolute Gasteiger partial charge is 0.490 e. The molecule has 1 N–H and O–H groups in total. The number of nitrogens with zero attached hydrogens (tertiary/aromatic N) is 2. The number of carbonyl (C=O) groups is 1. The number of amides is 1. The molecule has 2 aromatic rings. The standard InChI is InChI=1S/C22H31N3O4S/c1-4-27-18-12-17(13-19(28-5-2)20(18)29-6-3)21(26)24-14-16-8-7-10-25(15-16)22-23-9-11-30-22/h9,11-13,16H,4-8,10,14-15H2,1-3H3,(H,24,26). The van der Waals surface area contributed by atoms with Gasteiger partial charge in [0, 0.05) is 36.8 Å². The molecule has 1 atom stereocenters. The van der Waals surface area contributed by atoms with Gasteiger partial charge in [0.15, 0.2) is 16.6 Å². The first kappa shape index (κ1) is 22.2. The smallest absolute Gasteiger partial charge is 0.251 e. The van der Waals surface area contributed by atoms with Crippen molar-refractivity contribution >= 4 is 22.4 Å². The molecule has 2 heterocycles. The van der Waals surface area contributed by atoms with Gasteiger partial charge in [-0.1, -0.05) is 0 Å². The Balaban J connectivity index is 1.68. The Morgan fingerprint density at radius 3 is 2.47 bits per heavy atom. The molecule has 1 aromatic heterocycles. The van der Waals surface area contributed by atoms with Crippen LogP contribution in [0.2, 0.25) is 0 Å². The fourth-order valence-electron chi connectivity index (χ4n) is 3.64. The maximum atomic E-state index is 12.9. The van der Waals surface area contributed by atoms with Gasteiger partial charge in [0.2, 0.25) is 5.75 Å². The first-order chi connectivity index (χ1) is 14.7. The highest BCUT2D eigenvalue weighted by molar-refractivity contribution is 7.13. The van der Waals surface area contributed by atoms with Crippen LogP contribution >= 0.6 is 11.3 Å². The highest BCUT2D eigenvalue weighted by Crippen LogP contribution is 2.39. The molecule has 0 saturated carbocycles. The van der Waals surface area contributed by atoms with Crippen molar-refractivity contribution in [2.45, 2.75) is 33.6 Å². The molecular weight excluding hydrogens is 402 g/mol. The van der Waals surface area contributed by atoms with Crippen LogP contribution < -0.4 is 24.4 Å². The molecule has 1 unspecified atom stereocenters. The van der Waals surface area contributed by atoms with Gasteiger partial charge in [0.05, 0.1) is 19.8 Å². The lowest BCUT2D eigenvalue weighted by Gasteiger charge is -2.32. The Kier molecular flexibility index (Phi) is 8.19. The quantitative estimate of drug-likeness (QED) is 0.611. The monoisotopic (exact) mass is 433 g/mol. The number of piperidine rings is 1. The number of rotatable bonds is 10. The van der Waals surface area contributed by atoms with E-state index in [1.54, 1.807) is 23.5 Å². The van der Waals surface area contributed by atoms with Crippen molar-refractivity contribution in [3.8, 4) is 17.2 Å². The summed E-state index contributed by atoms with van der Waals surface area (Å²) in [7, 11) is 0. The van der Waals surface area contributed by atoms with Gasteiger partial charge in [-0.3, -0.25) is 4.79 Å². The highest BCUT2D eigenvalue weighted by atomic mass is 32.1. The third kappa shape index (κ3) is 5.56. The Bertz CT molecular complexity index is 786. The summed E-state index contributed by atoms with van der Waals surface area (Å²) in [5.74, 6) is 1.87. The van der Waals surface area contributed by atoms with Crippen molar-refractivity contribution in [3.63, 3.8) is 0 Å². The Labute approximate surface area is 182 Å². The van der Waals surface area contributed by atoms with Crippen LogP contribution in [0, 0.1) is 5.92 Å². The molecular formula is C22H31N3O4S.